The van der Waals surface area contributed by atoms with Gasteiger partial charge >= 0.3 is 0 Å². The molecule has 17 nitrogen and oxygen atoms in total. The van der Waals surface area contributed by atoms with Crippen LogP contribution in [-0.4, -0.2) is 89.0 Å². The van der Waals surface area contributed by atoms with Gasteiger partial charge in [-0.05, 0) is 105 Å². The van der Waals surface area contributed by atoms with Crippen molar-refractivity contribution in [1.82, 2.24) is 23.8 Å². The first-order valence-electron chi connectivity index (χ1n) is 25.6. The Morgan fingerprint density at radius 2 is 0.554 bits per heavy atom. The van der Waals surface area contributed by atoms with Gasteiger partial charge in [-0.2, -0.15) is 0 Å². The Labute approximate surface area is 416 Å². The summed E-state index contributed by atoms with van der Waals surface area (Å²) in [4.78, 5) is 182. The second-order valence-corrected chi connectivity index (χ2v) is 21.5. The third-order valence-corrected chi connectivity index (χ3v) is 18.3. The number of amides is 6. The minimum Gasteiger partial charge on any atom is -0.293 e. The van der Waals surface area contributed by atoms with Crippen molar-refractivity contribution >= 4 is 90.1 Å². The van der Waals surface area contributed by atoms with Gasteiger partial charge in [-0.25, -0.2) is 0 Å². The zero-order chi connectivity index (χ0) is 50.7. The molecule has 0 unspecified atom stereocenters. The Kier molecular flexibility index (Phi) is 8.57. The first-order valence-corrected chi connectivity index (χ1v) is 25.6. The lowest BCUT2D eigenvalue weighted by atomic mass is 9.67. The highest BCUT2D eigenvalue weighted by atomic mass is 16.2. The summed E-state index contributed by atoms with van der Waals surface area (Å²) >= 11 is 0. The van der Waals surface area contributed by atoms with E-state index in [9.17, 15) is 57.5 Å². The number of Topliss-reactive ketones (excluding diaryl/α,β-unsaturated/α-hetero) is 2. The van der Waals surface area contributed by atoms with Gasteiger partial charge in [0.1, 0.15) is 0 Å². The Balaban J connectivity index is 0.960. The molecule has 30 rings (SSSR count). The van der Waals surface area contributed by atoms with Crippen LogP contribution in [0.15, 0.2) is 79.8 Å². The molecule has 5 aromatic carbocycles. The molecule has 3 fully saturated rings. The van der Waals surface area contributed by atoms with E-state index >= 15 is 0 Å². The van der Waals surface area contributed by atoms with Gasteiger partial charge in [0.25, 0.3) is 57.7 Å². The smallest absolute Gasteiger partial charge is 0.261 e. The molecule has 6 atom stereocenters. The van der Waals surface area contributed by atoms with E-state index in [0.29, 0.717) is 44.9 Å². The van der Waals surface area contributed by atoms with Crippen LogP contribution < -0.4 is 22.2 Å². The topological polar surface area (TPSA) is 224 Å². The number of imide groups is 3. The van der Waals surface area contributed by atoms with Crippen molar-refractivity contribution in [3.63, 3.8) is 0 Å². The van der Waals surface area contributed by atoms with Crippen LogP contribution in [0.3, 0.4) is 0 Å². The van der Waals surface area contributed by atoms with Gasteiger partial charge in [-0.15, -0.1) is 0 Å². The van der Waals surface area contributed by atoms with E-state index in [2.05, 4.69) is 0 Å². The van der Waals surface area contributed by atoms with Crippen LogP contribution in [0.5, 0.6) is 0 Å². The van der Waals surface area contributed by atoms with E-state index in [1.807, 2.05) is 0 Å². The molecule has 0 spiro atoms. The van der Waals surface area contributed by atoms with Crippen molar-refractivity contribution in [2.45, 2.75) is 107 Å². The number of nitrogens with zero attached hydrogens (tertiary/aromatic N) is 5. The van der Waals surface area contributed by atoms with E-state index in [4.69, 9.17) is 0 Å². The molecule has 4 aliphatic carbocycles. The highest BCUT2D eigenvalue weighted by molar-refractivity contribution is 6.36. The molecule has 0 N–H and O–H groups in total. The molecule has 3 saturated carbocycles. The van der Waals surface area contributed by atoms with Crippen LogP contribution in [0.4, 0.5) is 0 Å². The summed E-state index contributed by atoms with van der Waals surface area (Å²) in [5.74, 6) is -7.67. The monoisotopic (exact) mass is 987 g/mol. The van der Waals surface area contributed by atoms with E-state index < -0.39 is 111 Å². The van der Waals surface area contributed by atoms with Crippen LogP contribution >= 0.6 is 0 Å². The van der Waals surface area contributed by atoms with Crippen molar-refractivity contribution < 1.29 is 38.4 Å². The van der Waals surface area contributed by atoms with Crippen LogP contribution in [0.25, 0.3) is 43.1 Å². The van der Waals surface area contributed by atoms with Crippen LogP contribution in [0.2, 0.25) is 0 Å². The minimum atomic E-state index is -1.34. The summed E-state index contributed by atoms with van der Waals surface area (Å²) in [5.41, 5.74) is -2.46. The maximum absolute atomic E-state index is 15.0. The fourth-order valence-electron chi connectivity index (χ4n) is 15.1. The molecule has 17 heteroatoms. The molecule has 366 valence electrons. The van der Waals surface area contributed by atoms with Crippen LogP contribution in [-0.2, 0) is 0 Å². The quantitative estimate of drug-likeness (QED) is 0.127. The number of aromatic nitrogens is 2. The highest BCUT2D eigenvalue weighted by Crippen LogP contribution is 2.48. The Bertz CT molecular complexity index is 3740. The maximum Gasteiger partial charge on any atom is 0.261 e. The van der Waals surface area contributed by atoms with E-state index in [1.165, 1.54) is 60.7 Å². The third kappa shape index (κ3) is 5.13. The molecular weight excluding hydrogens is 947 g/mol. The molecule has 23 aliphatic rings. The summed E-state index contributed by atoms with van der Waals surface area (Å²) in [6.45, 7) is 0. The maximum atomic E-state index is 15.0. The average Bonchev–Trinajstić information content (AvgIpc) is 3.87. The lowest BCUT2D eigenvalue weighted by molar-refractivity contribution is 0.0241. The number of hydrogen-bond acceptors (Lipinski definition) is 12. The molecule has 0 radical (unpaired) electrons. The number of benzene rings is 5. The Hall–Kier alpha value is -8.34. The van der Waals surface area contributed by atoms with Crippen LogP contribution in [0, 0.1) is 11.8 Å². The highest BCUT2D eigenvalue weighted by Gasteiger charge is 2.52. The zero-order valence-corrected chi connectivity index (χ0v) is 39.4. The lowest BCUT2D eigenvalue weighted by Gasteiger charge is -2.45. The van der Waals surface area contributed by atoms with Crippen molar-refractivity contribution in [2.24, 2.45) is 11.8 Å². The summed E-state index contributed by atoms with van der Waals surface area (Å²) < 4.78 is 2.11. The molecule has 22 bridgehead atoms. The zero-order valence-electron chi connectivity index (χ0n) is 39.4. The predicted molar refractivity (Wildman–Crippen MR) is 265 cm³/mol. The predicted octanol–water partition coefficient (Wildman–Crippen LogP) is 5.94. The van der Waals surface area contributed by atoms with Crippen molar-refractivity contribution in [2.75, 3.05) is 0 Å². The first kappa shape index (κ1) is 43.3. The molecule has 2 aromatic heterocycles. The van der Waals surface area contributed by atoms with E-state index in [1.54, 1.807) is 0 Å². The normalized spacial score (nSPS) is 26.2. The fraction of sp³-hybridized carbons (Fsp3) is 0.333. The summed E-state index contributed by atoms with van der Waals surface area (Å²) in [5, 5.41) is 0.0502. The molecule has 21 heterocycles. The Morgan fingerprint density at radius 3 is 0.905 bits per heavy atom. The first-order chi connectivity index (χ1) is 35.8. The van der Waals surface area contributed by atoms with Crippen molar-refractivity contribution in [3.05, 3.63) is 147 Å². The van der Waals surface area contributed by atoms with E-state index in [-0.39, 0.29) is 120 Å². The average molecular weight is 988 g/mol. The molecular formula is C57H41N5O12. The number of carbonyl (C=O) groups is 8. The Morgan fingerprint density at radius 1 is 0.297 bits per heavy atom. The van der Waals surface area contributed by atoms with Crippen molar-refractivity contribution in [3.8, 4) is 0 Å². The van der Waals surface area contributed by atoms with Gasteiger partial charge in [0.15, 0.2) is 11.6 Å². The minimum absolute atomic E-state index is 0.0426. The van der Waals surface area contributed by atoms with E-state index in [0.717, 1.165) is 23.8 Å². The summed E-state index contributed by atoms with van der Waals surface area (Å²) in [7, 11) is 0. The molecule has 0 saturated heterocycles. The van der Waals surface area contributed by atoms with Gasteiger partial charge in [0, 0.05) is 72.1 Å². The van der Waals surface area contributed by atoms with Gasteiger partial charge in [0.2, 0.25) is 0 Å². The molecule has 19 aliphatic heterocycles. The molecule has 7 aromatic rings. The summed E-state index contributed by atoms with van der Waals surface area (Å²) in [6, 6.07) is 9.24. The fourth-order valence-corrected chi connectivity index (χ4v) is 15.1. The second-order valence-electron chi connectivity index (χ2n) is 21.5. The third-order valence-electron chi connectivity index (χ3n) is 18.3. The molecule has 74 heavy (non-hydrogen) atoms. The van der Waals surface area contributed by atoms with Gasteiger partial charge in [-0.1, -0.05) is 38.5 Å². The lowest BCUT2D eigenvalue weighted by Crippen LogP contribution is -2.61. The number of hydrogen-bond donors (Lipinski definition) is 0. The standard InChI is InChI=1S/C57H41N5O12/c63-46-24-13-15-26-42-27-16-14-25(41(24)42)47(64)45(46)23-7-1-2-8-36(23)58-54(71)32-21-34-35(22-33(32)55(58)72)57(74)62(56(34)73)40-12-6-5-11-39(40)61-52(69)30-19-17-28-43-29(18-20-31(44(30)43)53(61)70)51(68)60(50(28)67)38-10-4-3-9-37(38)59(48(26)65)49(27)66/h13-23,36-40,45H,1-12H2/t23-,36-,37-,38-,39-,40-/m1/s1. The number of ketones is 2. The van der Waals surface area contributed by atoms with Crippen molar-refractivity contribution in [1.29, 1.82) is 0 Å². The molecule has 6 amide bonds. The number of carbonyl (C=O) groups excluding carboxylic acids is 8. The number of rotatable bonds is 0. The van der Waals surface area contributed by atoms with Gasteiger partial charge in [-0.3, -0.25) is 81.4 Å². The second kappa shape index (κ2) is 14.7. The SMILES string of the molecule is O=C1c2ccc3c4c5ccc(c24)C(=O)C1[C@@H]1CCCC[C@H]1n1c(=O)c2cc4c(=O)n(c(=O)c4cc2c1=O)[C@@H]1CCCC[C@H]1N1C(=O)c2ccc4c6c(ccc(c26)C1=O)C(=O)N(C4=O)[C@@H]1CCCC[C@H]1N(C3=O)C5=O. The van der Waals surface area contributed by atoms with Gasteiger partial charge in [0.05, 0.1) is 51.6 Å². The summed E-state index contributed by atoms with van der Waals surface area (Å²) in [6.07, 6.45) is 4.92. The van der Waals surface area contributed by atoms with Gasteiger partial charge < -0.3 is 0 Å². The largest absolute Gasteiger partial charge is 0.293 e. The van der Waals surface area contributed by atoms with Crippen LogP contribution in [0.1, 0.15) is 172 Å².